The van der Waals surface area contributed by atoms with Gasteiger partial charge in [-0.3, -0.25) is 24.5 Å². The zero-order chi connectivity index (χ0) is 31.8. The molecule has 0 saturated carbocycles. The van der Waals surface area contributed by atoms with Crippen LogP contribution in [0.3, 0.4) is 0 Å². The average Bonchev–Trinajstić information content (AvgIpc) is 2.95. The van der Waals surface area contributed by atoms with Gasteiger partial charge >= 0.3 is 6.09 Å². The number of rotatable bonds is 17. The molecule has 1 aromatic rings. The van der Waals surface area contributed by atoms with Gasteiger partial charge in [-0.25, -0.2) is 4.79 Å². The Hall–Kier alpha value is -4.17. The molecule has 1 saturated heterocycles. The van der Waals surface area contributed by atoms with Crippen LogP contribution in [0.25, 0.3) is 0 Å². The first-order chi connectivity index (χ1) is 20.4. The summed E-state index contributed by atoms with van der Waals surface area (Å²) in [6.45, 7) is 7.96. The van der Waals surface area contributed by atoms with Gasteiger partial charge in [0.15, 0.2) is 6.29 Å². The first-order valence-corrected chi connectivity index (χ1v) is 14.0. The average molecular weight is 606 g/mol. The summed E-state index contributed by atoms with van der Waals surface area (Å²) >= 11 is 0. The molecular weight excluding hydrogens is 562 g/mol. The molecule has 4 amide bonds. The summed E-state index contributed by atoms with van der Waals surface area (Å²) in [7, 11) is 1.46. The Morgan fingerprint density at radius 2 is 1.74 bits per heavy atom. The number of hydrogen-bond donors (Lipinski definition) is 4. The summed E-state index contributed by atoms with van der Waals surface area (Å²) in [4.78, 5) is 61.1. The van der Waals surface area contributed by atoms with Crippen molar-refractivity contribution in [2.75, 3.05) is 53.2 Å². The van der Waals surface area contributed by atoms with Crippen LogP contribution in [0.2, 0.25) is 0 Å². The van der Waals surface area contributed by atoms with Crippen LogP contribution in [0.5, 0.6) is 5.75 Å². The van der Waals surface area contributed by atoms with E-state index in [0.29, 0.717) is 58.0 Å². The number of nitrogens with one attached hydrogen (secondary N) is 3. The highest BCUT2D eigenvalue weighted by molar-refractivity contribution is 6.06. The molecule has 5 N–H and O–H groups in total. The third-order valence-corrected chi connectivity index (χ3v) is 6.11. The van der Waals surface area contributed by atoms with Crippen LogP contribution in [-0.4, -0.2) is 99.8 Å². The van der Waals surface area contributed by atoms with Crippen molar-refractivity contribution in [2.24, 2.45) is 5.73 Å². The number of hydrogen-bond acceptors (Lipinski definition) is 11. The second-order valence-electron chi connectivity index (χ2n) is 10.6. The lowest BCUT2D eigenvalue weighted by Crippen LogP contribution is -2.53. The van der Waals surface area contributed by atoms with Crippen molar-refractivity contribution in [3.63, 3.8) is 0 Å². The number of alkyl carbamates (subject to hydrolysis) is 1. The number of carbonyl (C=O) groups is 5. The third kappa shape index (κ3) is 12.7. The quantitative estimate of drug-likeness (QED) is 0.113. The summed E-state index contributed by atoms with van der Waals surface area (Å²) in [5, 5.41) is 8.00. The Morgan fingerprint density at radius 3 is 2.35 bits per heavy atom. The minimum atomic E-state index is -0.817. The lowest BCUT2D eigenvalue weighted by atomic mass is 10.0. The SMILES string of the molecule is CN(C(=O)c1cc(OCC/C(=C/N)NCCOCCOCCNC(=O)OC(C)(C)C)ccc1C=O)C1CCC(=O)NC1=O. The number of nitrogens with two attached hydrogens (primary N) is 1. The van der Waals surface area contributed by atoms with Crippen LogP contribution in [0.1, 0.15) is 60.7 Å². The molecule has 0 radical (unpaired) electrons. The first kappa shape index (κ1) is 35.0. The number of carbonyl (C=O) groups excluding carboxylic acids is 5. The predicted molar refractivity (Wildman–Crippen MR) is 156 cm³/mol. The lowest BCUT2D eigenvalue weighted by Gasteiger charge is -2.30. The third-order valence-electron chi connectivity index (χ3n) is 6.11. The van der Waals surface area contributed by atoms with Crippen LogP contribution < -0.4 is 26.4 Å². The molecule has 2 rings (SSSR count). The molecule has 1 aliphatic rings. The number of ether oxygens (including phenoxy) is 4. The smallest absolute Gasteiger partial charge is 0.407 e. The maximum atomic E-state index is 13.1. The van der Waals surface area contributed by atoms with E-state index in [-0.39, 0.29) is 36.5 Å². The van der Waals surface area contributed by atoms with Gasteiger partial charge in [-0.1, -0.05) is 0 Å². The Kier molecular flexibility index (Phi) is 14.4. The fourth-order valence-corrected chi connectivity index (χ4v) is 3.95. The van der Waals surface area contributed by atoms with E-state index in [4.69, 9.17) is 24.7 Å². The Morgan fingerprint density at radius 1 is 1.07 bits per heavy atom. The van der Waals surface area contributed by atoms with Gasteiger partial charge < -0.3 is 40.2 Å². The van der Waals surface area contributed by atoms with Gasteiger partial charge in [0.05, 0.1) is 38.6 Å². The topological polar surface area (TPSA) is 188 Å². The van der Waals surface area contributed by atoms with Crippen LogP contribution >= 0.6 is 0 Å². The van der Waals surface area contributed by atoms with Crippen molar-refractivity contribution < 1.29 is 42.9 Å². The fraction of sp³-hybridized carbons (Fsp3) is 0.552. The normalized spacial score (nSPS) is 15.3. The summed E-state index contributed by atoms with van der Waals surface area (Å²) in [6.07, 6.45) is 2.28. The van der Waals surface area contributed by atoms with Gasteiger partial charge in [-0.15, -0.1) is 0 Å². The number of amides is 4. The van der Waals surface area contributed by atoms with Crippen molar-refractivity contribution >= 4 is 30.1 Å². The zero-order valence-electron chi connectivity index (χ0n) is 25.2. The van der Waals surface area contributed by atoms with Crippen molar-refractivity contribution in [1.82, 2.24) is 20.9 Å². The number of benzene rings is 1. The number of piperidine rings is 1. The van der Waals surface area contributed by atoms with Crippen molar-refractivity contribution in [2.45, 2.75) is 51.7 Å². The number of likely N-dealkylation sites (N-methyl/N-ethyl adjacent to an activating group) is 1. The second kappa shape index (κ2) is 17.7. The fourth-order valence-electron chi connectivity index (χ4n) is 3.95. The highest BCUT2D eigenvalue weighted by atomic mass is 16.6. The summed E-state index contributed by atoms with van der Waals surface area (Å²) in [6, 6.07) is 3.69. The molecule has 0 aliphatic carbocycles. The van der Waals surface area contributed by atoms with E-state index in [0.717, 1.165) is 5.70 Å². The van der Waals surface area contributed by atoms with E-state index in [9.17, 15) is 24.0 Å². The summed E-state index contributed by atoms with van der Waals surface area (Å²) in [5.41, 5.74) is 6.15. The van der Waals surface area contributed by atoms with Crippen molar-refractivity contribution in [1.29, 1.82) is 0 Å². The number of nitrogens with zero attached hydrogens (tertiary/aromatic N) is 1. The minimum Gasteiger partial charge on any atom is -0.493 e. The molecule has 1 unspecified atom stereocenters. The number of aldehydes is 1. The Balaban J connectivity index is 1.68. The molecule has 0 spiro atoms. The summed E-state index contributed by atoms with van der Waals surface area (Å²) in [5.74, 6) is -1.10. The van der Waals surface area contributed by atoms with E-state index in [1.54, 1.807) is 26.8 Å². The molecular formula is C29H43N5O9. The molecule has 43 heavy (non-hydrogen) atoms. The first-order valence-electron chi connectivity index (χ1n) is 14.0. The van der Waals surface area contributed by atoms with Gasteiger partial charge in [0, 0.05) is 50.4 Å². The van der Waals surface area contributed by atoms with E-state index < -0.39 is 29.6 Å². The predicted octanol–water partition coefficient (Wildman–Crippen LogP) is 1.09. The molecule has 1 atom stereocenters. The number of imide groups is 1. The van der Waals surface area contributed by atoms with E-state index >= 15 is 0 Å². The van der Waals surface area contributed by atoms with Crippen LogP contribution in [0, 0.1) is 0 Å². The van der Waals surface area contributed by atoms with Gasteiger partial charge in [0.25, 0.3) is 5.91 Å². The second-order valence-corrected chi connectivity index (χ2v) is 10.6. The van der Waals surface area contributed by atoms with Crippen LogP contribution in [0.4, 0.5) is 4.79 Å². The molecule has 0 bridgehead atoms. The van der Waals surface area contributed by atoms with Crippen LogP contribution in [0.15, 0.2) is 30.1 Å². The largest absolute Gasteiger partial charge is 0.493 e. The molecule has 0 aromatic heterocycles. The molecule has 1 aliphatic heterocycles. The van der Waals surface area contributed by atoms with Crippen molar-refractivity contribution in [3.8, 4) is 5.75 Å². The summed E-state index contributed by atoms with van der Waals surface area (Å²) < 4.78 is 21.9. The molecule has 238 valence electrons. The molecule has 14 nitrogen and oxygen atoms in total. The minimum absolute atomic E-state index is 0.0906. The van der Waals surface area contributed by atoms with Gasteiger partial charge in [0.1, 0.15) is 17.4 Å². The lowest BCUT2D eigenvalue weighted by molar-refractivity contribution is -0.136. The highest BCUT2D eigenvalue weighted by Gasteiger charge is 2.33. The molecule has 1 aromatic carbocycles. The zero-order valence-corrected chi connectivity index (χ0v) is 25.2. The molecule has 14 heteroatoms. The molecule has 1 fully saturated rings. The monoisotopic (exact) mass is 605 g/mol. The molecule has 1 heterocycles. The Bertz CT molecular complexity index is 1150. The van der Waals surface area contributed by atoms with E-state index in [1.807, 2.05) is 0 Å². The van der Waals surface area contributed by atoms with Gasteiger partial charge in [0.2, 0.25) is 11.8 Å². The van der Waals surface area contributed by atoms with E-state index in [2.05, 4.69) is 16.0 Å². The van der Waals surface area contributed by atoms with Gasteiger partial charge in [-0.05, 0) is 45.4 Å². The van der Waals surface area contributed by atoms with E-state index in [1.165, 1.54) is 30.3 Å². The van der Waals surface area contributed by atoms with Gasteiger partial charge in [-0.2, -0.15) is 0 Å². The highest BCUT2D eigenvalue weighted by Crippen LogP contribution is 2.21. The van der Waals surface area contributed by atoms with Crippen molar-refractivity contribution in [3.05, 3.63) is 41.2 Å². The standard InChI is InChI=1S/C29H43N5O9/c1-29(2,3)43-28(39)32-11-14-41-16-15-40-13-10-31-21(18-30)9-12-42-22-6-5-20(19-35)23(17-22)27(38)34(4)24-7-8-25(36)33-26(24)37/h5-6,17-19,24,31H,7-16,30H2,1-4H3,(H,32,39)(H,33,36,37)/b21-18-. The maximum Gasteiger partial charge on any atom is 0.407 e. The van der Waals surface area contributed by atoms with Crippen LogP contribution in [-0.2, 0) is 23.8 Å². The maximum absolute atomic E-state index is 13.1. The Labute approximate surface area is 251 Å².